The van der Waals surface area contributed by atoms with E-state index >= 15 is 0 Å². The maximum atomic E-state index is 12.3. The SMILES string of the molecule is CCOC(=O)C1(c2nc3cc(C)ccc3n2CC)CC1. The van der Waals surface area contributed by atoms with E-state index in [1.54, 1.807) is 0 Å². The van der Waals surface area contributed by atoms with Gasteiger partial charge in [-0.05, 0) is 51.3 Å². The molecular weight excluding hydrogens is 252 g/mol. The van der Waals surface area contributed by atoms with Crippen LogP contribution in [0.3, 0.4) is 0 Å². The summed E-state index contributed by atoms with van der Waals surface area (Å²) in [4.78, 5) is 17.0. The van der Waals surface area contributed by atoms with E-state index in [0.717, 1.165) is 36.2 Å². The summed E-state index contributed by atoms with van der Waals surface area (Å²) in [6.45, 7) is 7.23. The third kappa shape index (κ3) is 1.82. The first-order chi connectivity index (χ1) is 9.62. The monoisotopic (exact) mass is 272 g/mol. The fourth-order valence-corrected chi connectivity index (χ4v) is 2.84. The fourth-order valence-electron chi connectivity index (χ4n) is 2.84. The molecule has 0 amide bonds. The molecule has 3 rings (SSSR count). The lowest BCUT2D eigenvalue weighted by molar-refractivity contribution is -0.146. The van der Waals surface area contributed by atoms with E-state index in [4.69, 9.17) is 9.72 Å². The molecule has 2 aromatic rings. The lowest BCUT2D eigenvalue weighted by Crippen LogP contribution is -2.27. The first-order valence-electron chi connectivity index (χ1n) is 7.27. The Morgan fingerprint density at radius 1 is 1.40 bits per heavy atom. The molecule has 0 spiro atoms. The van der Waals surface area contributed by atoms with Gasteiger partial charge >= 0.3 is 5.97 Å². The largest absolute Gasteiger partial charge is 0.465 e. The van der Waals surface area contributed by atoms with Crippen LogP contribution >= 0.6 is 0 Å². The number of benzene rings is 1. The molecule has 1 fully saturated rings. The molecule has 0 atom stereocenters. The topological polar surface area (TPSA) is 44.1 Å². The summed E-state index contributed by atoms with van der Waals surface area (Å²) in [5.41, 5.74) is 2.76. The van der Waals surface area contributed by atoms with Crippen LogP contribution in [0.2, 0.25) is 0 Å². The number of carbonyl (C=O) groups is 1. The van der Waals surface area contributed by atoms with Crippen LogP contribution in [0.1, 0.15) is 38.1 Å². The van der Waals surface area contributed by atoms with Gasteiger partial charge in [-0.3, -0.25) is 4.79 Å². The second kappa shape index (κ2) is 4.62. The highest BCUT2D eigenvalue weighted by atomic mass is 16.5. The third-order valence-corrected chi connectivity index (χ3v) is 4.06. The van der Waals surface area contributed by atoms with Gasteiger partial charge in [0.05, 0.1) is 17.6 Å². The van der Waals surface area contributed by atoms with Crippen LogP contribution in [0.4, 0.5) is 0 Å². The summed E-state index contributed by atoms with van der Waals surface area (Å²) in [6, 6.07) is 6.25. The van der Waals surface area contributed by atoms with Crippen LogP contribution in [-0.2, 0) is 21.5 Å². The first kappa shape index (κ1) is 13.2. The van der Waals surface area contributed by atoms with E-state index in [9.17, 15) is 4.79 Å². The minimum absolute atomic E-state index is 0.123. The molecule has 1 aliphatic rings. The summed E-state index contributed by atoms with van der Waals surface area (Å²) in [5, 5.41) is 0. The molecule has 106 valence electrons. The zero-order valence-electron chi connectivity index (χ0n) is 12.3. The van der Waals surface area contributed by atoms with Gasteiger partial charge in [0.25, 0.3) is 0 Å². The van der Waals surface area contributed by atoms with Crippen molar-refractivity contribution in [3.05, 3.63) is 29.6 Å². The van der Waals surface area contributed by atoms with E-state index in [0.29, 0.717) is 6.61 Å². The normalized spacial score (nSPS) is 16.4. The molecule has 0 bridgehead atoms. The van der Waals surface area contributed by atoms with Gasteiger partial charge in [-0.25, -0.2) is 4.98 Å². The average molecular weight is 272 g/mol. The maximum absolute atomic E-state index is 12.3. The third-order valence-electron chi connectivity index (χ3n) is 4.06. The molecule has 1 saturated carbocycles. The van der Waals surface area contributed by atoms with Gasteiger partial charge in [-0.2, -0.15) is 0 Å². The van der Waals surface area contributed by atoms with Crippen molar-refractivity contribution < 1.29 is 9.53 Å². The summed E-state index contributed by atoms with van der Waals surface area (Å²) >= 11 is 0. The average Bonchev–Trinajstić information content (AvgIpc) is 3.15. The number of aromatic nitrogens is 2. The molecule has 0 N–H and O–H groups in total. The molecule has 1 aromatic carbocycles. The lowest BCUT2D eigenvalue weighted by atomic mass is 10.1. The summed E-state index contributed by atoms with van der Waals surface area (Å²) < 4.78 is 7.40. The Balaban J connectivity index is 2.14. The van der Waals surface area contributed by atoms with Gasteiger partial charge < -0.3 is 9.30 Å². The summed E-state index contributed by atoms with van der Waals surface area (Å²) in [6.07, 6.45) is 1.68. The molecule has 1 heterocycles. The number of esters is 1. The van der Waals surface area contributed by atoms with Crippen molar-refractivity contribution in [2.24, 2.45) is 0 Å². The van der Waals surface area contributed by atoms with Gasteiger partial charge in [-0.1, -0.05) is 6.07 Å². The summed E-state index contributed by atoms with van der Waals surface area (Å²) in [5.74, 6) is 0.751. The number of carbonyl (C=O) groups excluding carboxylic acids is 1. The van der Waals surface area contributed by atoms with Gasteiger partial charge in [0.2, 0.25) is 0 Å². The number of ether oxygens (including phenoxy) is 1. The second-order valence-electron chi connectivity index (χ2n) is 5.47. The molecule has 0 radical (unpaired) electrons. The van der Waals surface area contributed by atoms with Crippen molar-refractivity contribution >= 4 is 17.0 Å². The van der Waals surface area contributed by atoms with Gasteiger partial charge in [0, 0.05) is 6.54 Å². The standard InChI is InChI=1S/C16H20N2O2/c1-4-18-13-7-6-11(3)10-12(13)17-14(18)16(8-9-16)15(19)20-5-2/h6-7,10H,4-5,8-9H2,1-3H3. The fraction of sp³-hybridized carbons (Fsp3) is 0.500. The van der Waals surface area contributed by atoms with Crippen molar-refractivity contribution in [3.8, 4) is 0 Å². The molecule has 4 heteroatoms. The highest BCUT2D eigenvalue weighted by Crippen LogP contribution is 2.49. The van der Waals surface area contributed by atoms with Crippen LogP contribution in [0.5, 0.6) is 0 Å². The van der Waals surface area contributed by atoms with Crippen molar-refractivity contribution in [3.63, 3.8) is 0 Å². The number of imidazole rings is 1. The van der Waals surface area contributed by atoms with Gasteiger partial charge in [0.15, 0.2) is 0 Å². The molecular formula is C16H20N2O2. The number of hydrogen-bond acceptors (Lipinski definition) is 3. The van der Waals surface area contributed by atoms with Crippen molar-refractivity contribution in [2.45, 2.75) is 45.6 Å². The van der Waals surface area contributed by atoms with Crippen LogP contribution in [0, 0.1) is 6.92 Å². The Morgan fingerprint density at radius 2 is 2.15 bits per heavy atom. The van der Waals surface area contributed by atoms with E-state index in [1.807, 2.05) is 6.92 Å². The van der Waals surface area contributed by atoms with Crippen molar-refractivity contribution in [2.75, 3.05) is 6.61 Å². The van der Waals surface area contributed by atoms with Crippen LogP contribution in [-0.4, -0.2) is 22.1 Å². The van der Waals surface area contributed by atoms with E-state index in [-0.39, 0.29) is 5.97 Å². The first-order valence-corrected chi connectivity index (χ1v) is 7.27. The Bertz CT molecular complexity index is 668. The van der Waals surface area contributed by atoms with Crippen LogP contribution in [0.15, 0.2) is 18.2 Å². The van der Waals surface area contributed by atoms with Crippen LogP contribution in [0.25, 0.3) is 11.0 Å². The second-order valence-corrected chi connectivity index (χ2v) is 5.47. The number of rotatable bonds is 4. The lowest BCUT2D eigenvalue weighted by Gasteiger charge is -2.15. The van der Waals surface area contributed by atoms with Gasteiger partial charge in [-0.15, -0.1) is 0 Å². The molecule has 1 aromatic heterocycles. The Morgan fingerprint density at radius 3 is 2.75 bits per heavy atom. The highest BCUT2D eigenvalue weighted by Gasteiger charge is 2.56. The predicted molar refractivity (Wildman–Crippen MR) is 77.7 cm³/mol. The van der Waals surface area contributed by atoms with E-state index < -0.39 is 5.41 Å². The number of aryl methyl sites for hydroxylation is 2. The maximum Gasteiger partial charge on any atom is 0.319 e. The Hall–Kier alpha value is -1.84. The zero-order chi connectivity index (χ0) is 14.3. The van der Waals surface area contributed by atoms with Crippen molar-refractivity contribution in [1.82, 2.24) is 9.55 Å². The molecule has 20 heavy (non-hydrogen) atoms. The highest BCUT2D eigenvalue weighted by molar-refractivity contribution is 5.87. The molecule has 0 aliphatic heterocycles. The van der Waals surface area contributed by atoms with E-state index in [2.05, 4.69) is 36.6 Å². The smallest absolute Gasteiger partial charge is 0.319 e. The summed E-state index contributed by atoms with van der Waals surface area (Å²) in [7, 11) is 0. The zero-order valence-corrected chi connectivity index (χ0v) is 12.3. The molecule has 1 aliphatic carbocycles. The van der Waals surface area contributed by atoms with Crippen molar-refractivity contribution in [1.29, 1.82) is 0 Å². The number of hydrogen-bond donors (Lipinski definition) is 0. The minimum Gasteiger partial charge on any atom is -0.465 e. The van der Waals surface area contributed by atoms with Gasteiger partial charge in [0.1, 0.15) is 11.2 Å². The minimum atomic E-state index is -0.501. The molecule has 0 saturated heterocycles. The quantitative estimate of drug-likeness (QED) is 0.804. The predicted octanol–water partition coefficient (Wildman–Crippen LogP) is 2.96. The number of nitrogens with zero attached hydrogens (tertiary/aromatic N) is 2. The van der Waals surface area contributed by atoms with Crippen LogP contribution < -0.4 is 0 Å². The Labute approximate surface area is 118 Å². The number of fused-ring (bicyclic) bond motifs is 1. The molecule has 0 unspecified atom stereocenters. The van der Waals surface area contributed by atoms with E-state index in [1.165, 1.54) is 5.56 Å². The molecule has 4 nitrogen and oxygen atoms in total. The Kier molecular flexibility index (Phi) is 3.04.